The maximum atomic E-state index is 12.1. The Kier molecular flexibility index (Phi) is 6.02. The van der Waals surface area contributed by atoms with Crippen LogP contribution in [-0.4, -0.2) is 49.3 Å². The molecule has 0 saturated carbocycles. The lowest BCUT2D eigenvalue weighted by molar-refractivity contribution is -0.116. The summed E-state index contributed by atoms with van der Waals surface area (Å²) in [5.41, 5.74) is 2.65. The minimum atomic E-state index is 0.00561. The van der Waals surface area contributed by atoms with Gasteiger partial charge in [-0.1, -0.05) is 18.2 Å². The molecule has 0 atom stereocenters. The number of benzene rings is 2. The zero-order chi connectivity index (χ0) is 18.4. The molecule has 1 N–H and O–H groups in total. The molecule has 3 rings (SSSR count). The van der Waals surface area contributed by atoms with Gasteiger partial charge in [-0.25, -0.2) is 0 Å². The summed E-state index contributed by atoms with van der Waals surface area (Å²) in [5.74, 6) is 0.0311. The molecule has 136 valence electrons. The molecule has 1 fully saturated rings. The van der Waals surface area contributed by atoms with Gasteiger partial charge >= 0.3 is 0 Å². The van der Waals surface area contributed by atoms with Crippen molar-refractivity contribution in [2.45, 2.75) is 13.3 Å². The number of carbonyl (C=O) groups is 2. The number of carbonyl (C=O) groups excluding carboxylic acids is 2. The van der Waals surface area contributed by atoms with Crippen molar-refractivity contribution >= 4 is 23.1 Å². The fourth-order valence-electron chi connectivity index (χ4n) is 3.14. The van der Waals surface area contributed by atoms with Gasteiger partial charge in [0.05, 0.1) is 0 Å². The Morgan fingerprint density at radius 1 is 0.923 bits per heavy atom. The molecule has 5 heteroatoms. The van der Waals surface area contributed by atoms with E-state index < -0.39 is 0 Å². The molecule has 0 radical (unpaired) electrons. The summed E-state index contributed by atoms with van der Waals surface area (Å²) >= 11 is 0. The van der Waals surface area contributed by atoms with Crippen molar-refractivity contribution < 1.29 is 9.59 Å². The van der Waals surface area contributed by atoms with Gasteiger partial charge in [-0.15, -0.1) is 0 Å². The Bertz CT molecular complexity index is 736. The normalized spacial score (nSPS) is 14.9. The second kappa shape index (κ2) is 8.63. The van der Waals surface area contributed by atoms with Crippen molar-refractivity contribution in [2.24, 2.45) is 0 Å². The molecule has 1 aliphatic heterocycles. The van der Waals surface area contributed by atoms with Gasteiger partial charge in [-0.3, -0.25) is 14.5 Å². The van der Waals surface area contributed by atoms with E-state index in [4.69, 9.17) is 0 Å². The molecule has 2 aromatic carbocycles. The summed E-state index contributed by atoms with van der Waals surface area (Å²) in [6.07, 6.45) is 0.472. The van der Waals surface area contributed by atoms with Gasteiger partial charge in [0.1, 0.15) is 0 Å². The quantitative estimate of drug-likeness (QED) is 0.813. The molecule has 0 spiro atoms. The number of rotatable bonds is 6. The van der Waals surface area contributed by atoms with Gasteiger partial charge in [0.2, 0.25) is 5.91 Å². The summed E-state index contributed by atoms with van der Waals surface area (Å²) in [4.78, 5) is 28.1. The van der Waals surface area contributed by atoms with Crippen LogP contribution in [0.2, 0.25) is 0 Å². The third kappa shape index (κ3) is 4.92. The van der Waals surface area contributed by atoms with E-state index in [1.807, 2.05) is 6.07 Å². The summed E-state index contributed by atoms with van der Waals surface area (Å²) in [7, 11) is 0. The van der Waals surface area contributed by atoms with Crippen LogP contribution in [0, 0.1) is 0 Å². The topological polar surface area (TPSA) is 52.7 Å². The molecule has 1 heterocycles. The monoisotopic (exact) mass is 351 g/mol. The number of anilines is 2. The molecule has 1 amide bonds. The van der Waals surface area contributed by atoms with Crippen LogP contribution in [0.4, 0.5) is 11.4 Å². The number of hydrogen-bond donors (Lipinski definition) is 1. The number of nitrogens with zero attached hydrogens (tertiary/aromatic N) is 2. The van der Waals surface area contributed by atoms with Crippen molar-refractivity contribution in [3.63, 3.8) is 0 Å². The van der Waals surface area contributed by atoms with E-state index in [0.29, 0.717) is 12.0 Å². The van der Waals surface area contributed by atoms with E-state index in [2.05, 4.69) is 39.4 Å². The maximum absolute atomic E-state index is 12.1. The minimum absolute atomic E-state index is 0.00561. The molecule has 0 bridgehead atoms. The van der Waals surface area contributed by atoms with Crippen LogP contribution in [0.5, 0.6) is 0 Å². The lowest BCUT2D eigenvalue weighted by atomic mass is 10.1. The smallest absolute Gasteiger partial charge is 0.225 e. The van der Waals surface area contributed by atoms with E-state index >= 15 is 0 Å². The third-order valence-electron chi connectivity index (χ3n) is 4.72. The average molecular weight is 351 g/mol. The molecule has 5 nitrogen and oxygen atoms in total. The van der Waals surface area contributed by atoms with E-state index in [1.165, 1.54) is 12.6 Å². The highest BCUT2D eigenvalue weighted by atomic mass is 16.1. The zero-order valence-corrected chi connectivity index (χ0v) is 15.1. The highest BCUT2D eigenvalue weighted by Crippen LogP contribution is 2.16. The van der Waals surface area contributed by atoms with Gasteiger partial charge in [0.15, 0.2) is 5.78 Å². The number of para-hydroxylation sites is 1. The van der Waals surface area contributed by atoms with Crippen LogP contribution in [-0.2, 0) is 4.79 Å². The number of Topliss-reactive ketones (excluding diaryl/α,β-unsaturated/α-hetero) is 1. The molecule has 1 aliphatic rings. The largest absolute Gasteiger partial charge is 0.369 e. The van der Waals surface area contributed by atoms with Crippen LogP contribution in [0.1, 0.15) is 23.7 Å². The van der Waals surface area contributed by atoms with Crippen molar-refractivity contribution in [1.82, 2.24) is 4.90 Å². The van der Waals surface area contributed by atoms with Crippen molar-refractivity contribution in [1.29, 1.82) is 0 Å². The number of piperazine rings is 1. The second-order valence-electron chi connectivity index (χ2n) is 6.60. The number of ketones is 1. The third-order valence-corrected chi connectivity index (χ3v) is 4.72. The van der Waals surface area contributed by atoms with Crippen LogP contribution < -0.4 is 10.2 Å². The number of hydrogen-bond acceptors (Lipinski definition) is 4. The van der Waals surface area contributed by atoms with Crippen molar-refractivity contribution in [2.75, 3.05) is 42.9 Å². The second-order valence-corrected chi connectivity index (χ2v) is 6.60. The van der Waals surface area contributed by atoms with Crippen LogP contribution >= 0.6 is 0 Å². The average Bonchev–Trinajstić information content (AvgIpc) is 2.68. The maximum Gasteiger partial charge on any atom is 0.225 e. The fraction of sp³-hybridized carbons (Fsp3) is 0.333. The predicted octanol–water partition coefficient (Wildman–Crippen LogP) is 3.04. The summed E-state index contributed by atoms with van der Waals surface area (Å²) in [5, 5.41) is 2.89. The number of nitrogens with one attached hydrogen (secondary N) is 1. The molecule has 0 aliphatic carbocycles. The van der Waals surface area contributed by atoms with Gasteiger partial charge in [-0.2, -0.15) is 0 Å². The minimum Gasteiger partial charge on any atom is -0.369 e. The Morgan fingerprint density at radius 2 is 1.58 bits per heavy atom. The first-order chi connectivity index (χ1) is 12.6. The van der Waals surface area contributed by atoms with Crippen LogP contribution in [0.15, 0.2) is 54.6 Å². The van der Waals surface area contributed by atoms with Gasteiger partial charge in [-0.05, 0) is 43.3 Å². The first kappa shape index (κ1) is 18.1. The predicted molar refractivity (Wildman–Crippen MR) is 105 cm³/mol. The first-order valence-corrected chi connectivity index (χ1v) is 9.05. The molecular weight excluding hydrogens is 326 g/mol. The SMILES string of the molecule is CC(=O)c1ccc(NC(=O)CCN2CCN(c3ccccc3)CC2)cc1. The highest BCUT2D eigenvalue weighted by Gasteiger charge is 2.17. The zero-order valence-electron chi connectivity index (χ0n) is 15.1. The Hall–Kier alpha value is -2.66. The first-order valence-electron chi connectivity index (χ1n) is 9.05. The van der Waals surface area contributed by atoms with Crippen LogP contribution in [0.3, 0.4) is 0 Å². The fourth-order valence-corrected chi connectivity index (χ4v) is 3.14. The van der Waals surface area contributed by atoms with E-state index in [9.17, 15) is 9.59 Å². The van der Waals surface area contributed by atoms with Crippen molar-refractivity contribution in [3.8, 4) is 0 Å². The molecule has 0 aromatic heterocycles. The number of amides is 1. The van der Waals surface area contributed by atoms with Gasteiger partial charge in [0.25, 0.3) is 0 Å². The summed E-state index contributed by atoms with van der Waals surface area (Å²) in [6.45, 7) is 6.20. The lowest BCUT2D eigenvalue weighted by Gasteiger charge is -2.36. The van der Waals surface area contributed by atoms with Gasteiger partial charge in [0, 0.05) is 56.1 Å². The molecular formula is C21H25N3O2. The molecule has 0 unspecified atom stereocenters. The van der Waals surface area contributed by atoms with E-state index in [-0.39, 0.29) is 11.7 Å². The lowest BCUT2D eigenvalue weighted by Crippen LogP contribution is -2.47. The Labute approximate surface area is 154 Å². The highest BCUT2D eigenvalue weighted by molar-refractivity contribution is 5.95. The Morgan fingerprint density at radius 3 is 2.19 bits per heavy atom. The van der Waals surface area contributed by atoms with E-state index in [1.54, 1.807) is 24.3 Å². The molecule has 26 heavy (non-hydrogen) atoms. The summed E-state index contributed by atoms with van der Waals surface area (Å²) < 4.78 is 0. The van der Waals surface area contributed by atoms with Gasteiger partial charge < -0.3 is 10.2 Å². The van der Waals surface area contributed by atoms with E-state index in [0.717, 1.165) is 38.4 Å². The Balaban J connectivity index is 1.40. The van der Waals surface area contributed by atoms with Crippen LogP contribution in [0.25, 0.3) is 0 Å². The van der Waals surface area contributed by atoms with Crippen molar-refractivity contribution in [3.05, 3.63) is 60.2 Å². The molecule has 2 aromatic rings. The summed E-state index contributed by atoms with van der Waals surface area (Å²) in [6, 6.07) is 17.5. The standard InChI is InChI=1S/C21H25N3O2/c1-17(25)18-7-9-19(10-8-18)22-21(26)11-12-23-13-15-24(16-14-23)20-5-3-2-4-6-20/h2-10H,11-16H2,1H3,(H,22,26). The molecule has 1 saturated heterocycles.